The second-order valence-corrected chi connectivity index (χ2v) is 5.71. The van der Waals surface area contributed by atoms with Crippen molar-refractivity contribution in [3.05, 3.63) is 40.4 Å². The number of amides is 2. The van der Waals surface area contributed by atoms with Crippen LogP contribution in [0.1, 0.15) is 18.7 Å². The Kier molecular flexibility index (Phi) is 4.57. The molecule has 3 rings (SSSR count). The van der Waals surface area contributed by atoms with Gasteiger partial charge in [0.25, 0.3) is 5.56 Å². The Bertz CT molecular complexity index is 752. The number of fused-ring (bicyclic) bond motifs is 1. The monoisotopic (exact) mass is 316 g/mol. The molecule has 1 aromatic carbocycles. The summed E-state index contributed by atoms with van der Waals surface area (Å²) >= 11 is 0. The van der Waals surface area contributed by atoms with Crippen molar-refractivity contribution < 1.29 is 9.53 Å². The molecule has 0 radical (unpaired) electrons. The maximum absolute atomic E-state index is 12.1. The number of carbonyl (C=O) groups is 1. The van der Waals surface area contributed by atoms with E-state index in [0.29, 0.717) is 23.3 Å². The fourth-order valence-electron chi connectivity index (χ4n) is 2.65. The molecule has 0 saturated carbocycles. The van der Waals surface area contributed by atoms with Crippen LogP contribution in [0.3, 0.4) is 0 Å². The van der Waals surface area contributed by atoms with Crippen LogP contribution in [0.15, 0.2) is 29.1 Å². The lowest BCUT2D eigenvalue weighted by molar-refractivity contribution is 0.109. The number of rotatable bonds is 4. The number of urea groups is 1. The smallest absolute Gasteiger partial charge is 0.317 e. The van der Waals surface area contributed by atoms with E-state index in [4.69, 9.17) is 4.74 Å². The summed E-state index contributed by atoms with van der Waals surface area (Å²) in [6.45, 7) is 1.50. The average molecular weight is 316 g/mol. The third kappa shape index (κ3) is 3.68. The lowest BCUT2D eigenvalue weighted by Gasteiger charge is -2.19. The number of hydrogen-bond acceptors (Lipinski definition) is 4. The maximum Gasteiger partial charge on any atom is 0.317 e. The van der Waals surface area contributed by atoms with Gasteiger partial charge in [0.15, 0.2) is 0 Å². The summed E-state index contributed by atoms with van der Waals surface area (Å²) < 4.78 is 5.47. The van der Waals surface area contributed by atoms with E-state index in [0.717, 1.165) is 19.4 Å². The normalized spacial score (nSPS) is 17.3. The molecule has 7 heteroatoms. The molecule has 1 fully saturated rings. The van der Waals surface area contributed by atoms with Gasteiger partial charge < -0.3 is 19.9 Å². The van der Waals surface area contributed by atoms with Crippen LogP contribution in [-0.4, -0.2) is 47.2 Å². The minimum absolute atomic E-state index is 0.103. The quantitative estimate of drug-likeness (QED) is 0.888. The van der Waals surface area contributed by atoms with E-state index >= 15 is 0 Å². The Labute approximate surface area is 133 Å². The highest BCUT2D eigenvalue weighted by Gasteiger charge is 2.18. The van der Waals surface area contributed by atoms with E-state index in [1.807, 2.05) is 6.07 Å². The number of nitrogens with zero attached hydrogens (tertiary/aromatic N) is 2. The fraction of sp³-hybridized carbons (Fsp3) is 0.438. The second kappa shape index (κ2) is 6.78. The SMILES string of the molecule is CN(Cc1nc2ccccc2c(=O)[nH]1)C(=O)NC[C@@H]1CCCO1. The zero-order valence-electron chi connectivity index (χ0n) is 13.0. The molecule has 122 valence electrons. The molecule has 2 aromatic rings. The Morgan fingerprint density at radius 1 is 1.48 bits per heavy atom. The van der Waals surface area contributed by atoms with E-state index in [2.05, 4.69) is 15.3 Å². The summed E-state index contributed by atoms with van der Waals surface area (Å²) in [5.41, 5.74) is 0.429. The number of benzene rings is 1. The summed E-state index contributed by atoms with van der Waals surface area (Å²) in [5, 5.41) is 3.38. The first kappa shape index (κ1) is 15.5. The van der Waals surface area contributed by atoms with E-state index in [1.165, 1.54) is 4.90 Å². The van der Waals surface area contributed by atoms with Crippen molar-refractivity contribution >= 4 is 16.9 Å². The van der Waals surface area contributed by atoms with Crippen LogP contribution in [-0.2, 0) is 11.3 Å². The van der Waals surface area contributed by atoms with Gasteiger partial charge in [-0.05, 0) is 25.0 Å². The van der Waals surface area contributed by atoms with Crippen molar-refractivity contribution in [3.63, 3.8) is 0 Å². The molecule has 0 bridgehead atoms. The van der Waals surface area contributed by atoms with Gasteiger partial charge in [0.1, 0.15) is 5.82 Å². The van der Waals surface area contributed by atoms with Crippen LogP contribution < -0.4 is 10.9 Å². The molecule has 1 aliphatic heterocycles. The number of hydrogen-bond donors (Lipinski definition) is 2. The molecule has 2 heterocycles. The Morgan fingerprint density at radius 2 is 2.30 bits per heavy atom. The highest BCUT2D eigenvalue weighted by Crippen LogP contribution is 2.11. The van der Waals surface area contributed by atoms with Gasteiger partial charge in [-0.3, -0.25) is 4.79 Å². The first-order valence-corrected chi connectivity index (χ1v) is 7.72. The van der Waals surface area contributed by atoms with E-state index in [1.54, 1.807) is 25.2 Å². The molecular weight excluding hydrogens is 296 g/mol. The maximum atomic E-state index is 12.1. The third-order valence-corrected chi connectivity index (χ3v) is 3.90. The molecule has 1 aromatic heterocycles. The highest BCUT2D eigenvalue weighted by atomic mass is 16.5. The number of nitrogens with one attached hydrogen (secondary N) is 2. The van der Waals surface area contributed by atoms with Crippen molar-refractivity contribution in [1.29, 1.82) is 0 Å². The predicted molar refractivity (Wildman–Crippen MR) is 86.2 cm³/mol. The standard InChI is InChI=1S/C16H20N4O3/c1-20(16(22)17-9-11-5-4-8-23-11)10-14-18-13-7-3-2-6-12(13)15(21)19-14/h2-3,6-7,11H,4-5,8-10H2,1H3,(H,17,22)(H,18,19,21)/t11-/m0/s1. The highest BCUT2D eigenvalue weighted by molar-refractivity contribution is 5.77. The van der Waals surface area contributed by atoms with Crippen LogP contribution in [0.4, 0.5) is 4.79 Å². The van der Waals surface area contributed by atoms with E-state index in [-0.39, 0.29) is 24.2 Å². The Balaban J connectivity index is 1.63. The minimum atomic E-state index is -0.212. The van der Waals surface area contributed by atoms with Crippen molar-refractivity contribution in [3.8, 4) is 0 Å². The molecule has 23 heavy (non-hydrogen) atoms. The number of carbonyl (C=O) groups excluding carboxylic acids is 1. The van der Waals surface area contributed by atoms with Gasteiger partial charge in [0.2, 0.25) is 0 Å². The Morgan fingerprint density at radius 3 is 3.09 bits per heavy atom. The first-order valence-electron chi connectivity index (χ1n) is 7.72. The zero-order valence-corrected chi connectivity index (χ0v) is 13.0. The van der Waals surface area contributed by atoms with Crippen LogP contribution in [0, 0.1) is 0 Å². The largest absolute Gasteiger partial charge is 0.376 e. The fourth-order valence-corrected chi connectivity index (χ4v) is 2.65. The number of ether oxygens (including phenoxy) is 1. The number of para-hydroxylation sites is 1. The van der Waals surface area contributed by atoms with E-state index in [9.17, 15) is 9.59 Å². The molecule has 2 N–H and O–H groups in total. The van der Waals surface area contributed by atoms with Gasteiger partial charge in [0.05, 0.1) is 23.6 Å². The van der Waals surface area contributed by atoms with Gasteiger partial charge >= 0.3 is 6.03 Å². The zero-order chi connectivity index (χ0) is 16.2. The average Bonchev–Trinajstić information content (AvgIpc) is 3.06. The summed E-state index contributed by atoms with van der Waals surface area (Å²) in [4.78, 5) is 32.7. The summed E-state index contributed by atoms with van der Waals surface area (Å²) in [5.74, 6) is 0.462. The molecule has 1 aliphatic rings. The van der Waals surface area contributed by atoms with Gasteiger partial charge in [-0.1, -0.05) is 12.1 Å². The van der Waals surface area contributed by atoms with Gasteiger partial charge in [-0.25, -0.2) is 9.78 Å². The molecule has 7 nitrogen and oxygen atoms in total. The summed E-state index contributed by atoms with van der Waals surface area (Å²) in [7, 11) is 1.67. The minimum Gasteiger partial charge on any atom is -0.376 e. The number of H-pyrrole nitrogens is 1. The van der Waals surface area contributed by atoms with Gasteiger partial charge in [-0.15, -0.1) is 0 Å². The molecule has 0 spiro atoms. The molecule has 0 unspecified atom stereocenters. The van der Waals surface area contributed by atoms with Crippen LogP contribution in [0.2, 0.25) is 0 Å². The molecule has 0 aliphatic carbocycles. The summed E-state index contributed by atoms with van der Waals surface area (Å²) in [6.07, 6.45) is 2.12. The molecular formula is C16H20N4O3. The summed E-state index contributed by atoms with van der Waals surface area (Å²) in [6, 6.07) is 6.92. The second-order valence-electron chi connectivity index (χ2n) is 5.71. The first-order chi connectivity index (χ1) is 11.1. The van der Waals surface area contributed by atoms with Crippen LogP contribution in [0.25, 0.3) is 10.9 Å². The Hall–Kier alpha value is -2.41. The van der Waals surface area contributed by atoms with Crippen LogP contribution in [0.5, 0.6) is 0 Å². The van der Waals surface area contributed by atoms with Crippen molar-refractivity contribution in [2.24, 2.45) is 0 Å². The van der Waals surface area contributed by atoms with E-state index < -0.39 is 0 Å². The lowest BCUT2D eigenvalue weighted by Crippen LogP contribution is -2.40. The van der Waals surface area contributed by atoms with Crippen molar-refractivity contribution in [2.45, 2.75) is 25.5 Å². The third-order valence-electron chi connectivity index (χ3n) is 3.90. The number of aromatic amines is 1. The molecule has 1 saturated heterocycles. The van der Waals surface area contributed by atoms with Crippen molar-refractivity contribution in [2.75, 3.05) is 20.2 Å². The predicted octanol–water partition coefficient (Wildman–Crippen LogP) is 1.24. The topological polar surface area (TPSA) is 87.3 Å². The lowest BCUT2D eigenvalue weighted by atomic mass is 10.2. The number of aromatic nitrogens is 2. The van der Waals surface area contributed by atoms with Gasteiger partial charge in [0, 0.05) is 20.2 Å². The van der Waals surface area contributed by atoms with Crippen molar-refractivity contribution in [1.82, 2.24) is 20.2 Å². The molecule has 1 atom stereocenters. The molecule has 2 amide bonds. The van der Waals surface area contributed by atoms with Crippen LogP contribution >= 0.6 is 0 Å². The van der Waals surface area contributed by atoms with Gasteiger partial charge in [-0.2, -0.15) is 0 Å².